The third-order valence-electron chi connectivity index (χ3n) is 6.61. The van der Waals surface area contributed by atoms with Gasteiger partial charge < -0.3 is 34.5 Å². The number of aliphatic hydroxyl groups excluding tert-OH is 3. The molecule has 34 heavy (non-hydrogen) atoms. The summed E-state index contributed by atoms with van der Waals surface area (Å²) in [5.74, 6) is 0.431. The van der Waals surface area contributed by atoms with E-state index < -0.39 is 37.3 Å². The van der Waals surface area contributed by atoms with Gasteiger partial charge in [-0.25, -0.2) is 4.99 Å². The van der Waals surface area contributed by atoms with E-state index in [4.69, 9.17) is 9.47 Å². The molecule has 1 unspecified atom stereocenters. The maximum atomic E-state index is 10.5. The average molecular weight is 460 g/mol. The van der Waals surface area contributed by atoms with Gasteiger partial charge in [0.05, 0.1) is 17.7 Å². The Balaban J connectivity index is 1.38. The van der Waals surface area contributed by atoms with Crippen molar-refractivity contribution in [2.24, 2.45) is 4.99 Å². The Morgan fingerprint density at radius 1 is 0.941 bits per heavy atom. The second-order valence-electron chi connectivity index (χ2n) is 8.80. The first kappa shape index (κ1) is 21.1. The van der Waals surface area contributed by atoms with E-state index in [1.165, 1.54) is 5.39 Å². The van der Waals surface area contributed by atoms with Crippen molar-refractivity contribution < 1.29 is 29.9 Å². The number of nitrogens with zero attached hydrogens (tertiary/aromatic N) is 2. The zero-order chi connectivity index (χ0) is 23.4. The van der Waals surface area contributed by atoms with Crippen LogP contribution in [0.15, 0.2) is 71.9 Å². The fraction of sp³-hybridized carbons (Fsp3) is 0.269. The molecule has 3 heterocycles. The number of rotatable bonds is 4. The van der Waals surface area contributed by atoms with Crippen LogP contribution in [-0.2, 0) is 16.0 Å². The molecule has 0 bridgehead atoms. The van der Waals surface area contributed by atoms with Crippen LogP contribution in [0.3, 0.4) is 0 Å². The van der Waals surface area contributed by atoms with Gasteiger partial charge in [-0.05, 0) is 34.5 Å². The fourth-order valence-corrected chi connectivity index (χ4v) is 4.83. The molecule has 1 aromatic heterocycles. The van der Waals surface area contributed by atoms with Crippen molar-refractivity contribution >= 4 is 27.6 Å². The lowest BCUT2D eigenvalue weighted by Crippen LogP contribution is -2.56. The molecule has 6 rings (SSSR count). The summed E-state index contributed by atoms with van der Waals surface area (Å²) in [5, 5.41) is 43.4. The van der Waals surface area contributed by atoms with E-state index >= 15 is 0 Å². The molecule has 4 aromatic rings. The van der Waals surface area contributed by atoms with Crippen molar-refractivity contribution in [3.63, 3.8) is 0 Å². The monoisotopic (exact) mass is 460 g/mol. The molecule has 0 radical (unpaired) electrons. The van der Waals surface area contributed by atoms with Gasteiger partial charge in [0.15, 0.2) is 0 Å². The molecule has 2 aliphatic heterocycles. The minimum absolute atomic E-state index is 0.146. The normalized spacial score (nSPS) is 26.4. The van der Waals surface area contributed by atoms with Crippen LogP contribution in [0.2, 0.25) is 0 Å². The summed E-state index contributed by atoms with van der Waals surface area (Å²) >= 11 is 0. The molecule has 174 valence electrons. The van der Waals surface area contributed by atoms with Gasteiger partial charge in [-0.1, -0.05) is 36.4 Å². The van der Waals surface area contributed by atoms with Gasteiger partial charge in [0, 0.05) is 24.2 Å². The highest BCUT2D eigenvalue weighted by Gasteiger charge is 2.49. The van der Waals surface area contributed by atoms with Gasteiger partial charge in [-0.3, -0.25) is 0 Å². The second kappa shape index (κ2) is 8.11. The largest absolute Gasteiger partial charge is 0.508 e. The number of aliphatic hydroxyl groups is 3. The standard InChI is InChI=1S/C26H24N2O6/c29-13-21-23(31)24(32)22-26(33-21)34-25(27-22)19-12-28(20-10-17(30)7-8-18(19)20)11-14-5-6-15-3-1-2-4-16(15)9-14/h1-10,12,21-24,26,29-32H,11,13H2/t21-,22-,23-,24?,26-/m1/s1. The maximum Gasteiger partial charge on any atom is 0.227 e. The molecule has 0 spiro atoms. The first-order valence-corrected chi connectivity index (χ1v) is 11.2. The minimum atomic E-state index is -1.26. The highest BCUT2D eigenvalue weighted by Crippen LogP contribution is 2.34. The Bertz CT molecular complexity index is 1410. The second-order valence-corrected chi connectivity index (χ2v) is 8.80. The molecule has 0 aliphatic carbocycles. The van der Waals surface area contributed by atoms with E-state index in [1.807, 2.05) is 22.9 Å². The van der Waals surface area contributed by atoms with Crippen LogP contribution in [0.4, 0.5) is 0 Å². The highest BCUT2D eigenvalue weighted by atomic mass is 16.7. The van der Waals surface area contributed by atoms with Crippen LogP contribution in [0.25, 0.3) is 21.7 Å². The van der Waals surface area contributed by atoms with Gasteiger partial charge in [-0.2, -0.15) is 0 Å². The number of ether oxygens (including phenoxy) is 2. The van der Waals surface area contributed by atoms with Crippen molar-refractivity contribution in [1.82, 2.24) is 4.57 Å². The van der Waals surface area contributed by atoms with Crippen molar-refractivity contribution in [2.75, 3.05) is 6.61 Å². The molecule has 1 saturated heterocycles. The van der Waals surface area contributed by atoms with Gasteiger partial charge in [-0.15, -0.1) is 0 Å². The molecular formula is C26H24N2O6. The van der Waals surface area contributed by atoms with Crippen molar-refractivity contribution in [3.8, 4) is 5.75 Å². The molecule has 3 aromatic carbocycles. The summed E-state index contributed by atoms with van der Waals surface area (Å²) in [4.78, 5) is 4.52. The Hall–Kier alpha value is -3.43. The smallest absolute Gasteiger partial charge is 0.227 e. The number of fused-ring (bicyclic) bond motifs is 3. The van der Waals surface area contributed by atoms with Gasteiger partial charge >= 0.3 is 0 Å². The molecule has 0 amide bonds. The zero-order valence-corrected chi connectivity index (χ0v) is 18.2. The minimum Gasteiger partial charge on any atom is -0.508 e. The van der Waals surface area contributed by atoms with Gasteiger partial charge in [0.25, 0.3) is 0 Å². The quantitative estimate of drug-likeness (QED) is 0.371. The van der Waals surface area contributed by atoms with Crippen molar-refractivity contribution in [1.29, 1.82) is 0 Å². The number of benzene rings is 3. The van der Waals surface area contributed by atoms with E-state index in [2.05, 4.69) is 35.3 Å². The van der Waals surface area contributed by atoms with Crippen LogP contribution in [0, 0.1) is 0 Å². The van der Waals surface area contributed by atoms with Gasteiger partial charge in [0.2, 0.25) is 12.2 Å². The number of aromatic nitrogens is 1. The van der Waals surface area contributed by atoms with E-state index in [0.717, 1.165) is 21.9 Å². The predicted octanol–water partition coefficient (Wildman–Crippen LogP) is 2.13. The van der Waals surface area contributed by atoms with E-state index in [1.54, 1.807) is 18.2 Å². The molecule has 8 heteroatoms. The summed E-state index contributed by atoms with van der Waals surface area (Å²) in [7, 11) is 0. The Labute approximate surface area is 194 Å². The third-order valence-corrected chi connectivity index (χ3v) is 6.61. The lowest BCUT2D eigenvalue weighted by Gasteiger charge is -2.36. The van der Waals surface area contributed by atoms with Crippen LogP contribution < -0.4 is 0 Å². The first-order valence-electron chi connectivity index (χ1n) is 11.2. The molecule has 4 N–H and O–H groups in total. The van der Waals surface area contributed by atoms with E-state index in [0.29, 0.717) is 12.1 Å². The number of aliphatic imine (C=N–C) groups is 1. The first-order chi connectivity index (χ1) is 16.5. The van der Waals surface area contributed by atoms with Crippen LogP contribution in [0.5, 0.6) is 5.75 Å². The summed E-state index contributed by atoms with van der Waals surface area (Å²) in [6.45, 7) is 0.125. The molecule has 2 aliphatic rings. The number of phenols is 1. The number of aromatic hydroxyl groups is 1. The van der Waals surface area contributed by atoms with Crippen molar-refractivity contribution in [3.05, 3.63) is 78.0 Å². The topological polar surface area (TPSA) is 117 Å². The Morgan fingerprint density at radius 3 is 2.59 bits per heavy atom. The lowest BCUT2D eigenvalue weighted by molar-refractivity contribution is -0.234. The summed E-state index contributed by atoms with van der Waals surface area (Å²) in [6, 6.07) is 18.8. The number of hydrogen-bond donors (Lipinski definition) is 4. The molecule has 5 atom stereocenters. The maximum absolute atomic E-state index is 10.5. The summed E-state index contributed by atoms with van der Waals surface area (Å²) < 4.78 is 13.6. The fourth-order valence-electron chi connectivity index (χ4n) is 4.83. The van der Waals surface area contributed by atoms with Crippen LogP contribution in [0.1, 0.15) is 11.1 Å². The number of hydrogen-bond acceptors (Lipinski definition) is 7. The molecule has 1 fully saturated rings. The van der Waals surface area contributed by atoms with Crippen LogP contribution in [-0.4, -0.2) is 68.1 Å². The van der Waals surface area contributed by atoms with E-state index in [-0.39, 0.29) is 11.6 Å². The predicted molar refractivity (Wildman–Crippen MR) is 126 cm³/mol. The third kappa shape index (κ3) is 3.43. The highest BCUT2D eigenvalue weighted by molar-refractivity contribution is 6.08. The van der Waals surface area contributed by atoms with Crippen molar-refractivity contribution in [2.45, 2.75) is 37.2 Å². The molecule has 0 saturated carbocycles. The SMILES string of the molecule is OC[C@H]1O[C@@H]2OC(c3cn(Cc4ccc5ccccc5c4)c4cc(O)ccc34)=N[C@@H]2C(O)[C@@H]1O. The summed E-state index contributed by atoms with van der Waals surface area (Å²) in [6.07, 6.45) is -2.42. The van der Waals surface area contributed by atoms with Gasteiger partial charge in [0.1, 0.15) is 30.1 Å². The van der Waals surface area contributed by atoms with Crippen LogP contribution >= 0.6 is 0 Å². The molecular weight excluding hydrogens is 436 g/mol. The molecule has 8 nitrogen and oxygen atoms in total. The number of phenolic OH excluding ortho intramolecular Hbond substituents is 1. The van der Waals surface area contributed by atoms with E-state index in [9.17, 15) is 20.4 Å². The lowest BCUT2D eigenvalue weighted by atomic mass is 9.98. The average Bonchev–Trinajstić information content (AvgIpc) is 3.43. The summed E-state index contributed by atoms with van der Waals surface area (Å²) in [5.41, 5.74) is 2.59. The zero-order valence-electron chi connectivity index (χ0n) is 18.2. The Kier molecular flexibility index (Phi) is 5.04. The Morgan fingerprint density at radius 2 is 1.76 bits per heavy atom.